The molecule has 0 radical (unpaired) electrons. The molecule has 20 heavy (non-hydrogen) atoms. The summed E-state index contributed by atoms with van der Waals surface area (Å²) in [6, 6.07) is 6.72. The third-order valence-electron chi connectivity index (χ3n) is 3.77. The van der Waals surface area contributed by atoms with Crippen LogP contribution in [0.5, 0.6) is 0 Å². The number of piperidine rings is 1. The van der Waals surface area contributed by atoms with Gasteiger partial charge in [-0.25, -0.2) is 13.1 Å². The van der Waals surface area contributed by atoms with Crippen LogP contribution in [0.25, 0.3) is 0 Å². The molecule has 0 saturated carbocycles. The van der Waals surface area contributed by atoms with Gasteiger partial charge in [-0.3, -0.25) is 0 Å². The number of nitrogens with one attached hydrogen (secondary N) is 2. The van der Waals surface area contributed by atoms with Crippen LogP contribution in [0, 0.1) is 24.2 Å². The van der Waals surface area contributed by atoms with Gasteiger partial charge in [0.15, 0.2) is 0 Å². The highest BCUT2D eigenvalue weighted by Gasteiger charge is 2.28. The highest BCUT2D eigenvalue weighted by atomic mass is 32.2. The van der Waals surface area contributed by atoms with Crippen molar-refractivity contribution >= 4 is 10.0 Å². The Hall–Kier alpha value is -1.42. The van der Waals surface area contributed by atoms with E-state index < -0.39 is 10.0 Å². The number of hydrogen-bond acceptors (Lipinski definition) is 4. The predicted molar refractivity (Wildman–Crippen MR) is 76.7 cm³/mol. The van der Waals surface area contributed by atoms with Crippen molar-refractivity contribution in [1.29, 1.82) is 5.26 Å². The molecule has 6 heteroatoms. The standard InChI is InChI=1S/C14H19N3O2S/c1-10-4-3-5-14(12(10)8-15)20(18,19)17-13-9-16-7-6-11(13)2/h3-5,11,13,16-17H,6-7,9H2,1-2H3. The second kappa shape index (κ2) is 5.92. The Morgan fingerprint density at radius 2 is 2.20 bits per heavy atom. The van der Waals surface area contributed by atoms with E-state index in [1.807, 2.05) is 13.0 Å². The molecule has 0 spiro atoms. The minimum Gasteiger partial charge on any atom is -0.315 e. The lowest BCUT2D eigenvalue weighted by atomic mass is 9.96. The molecule has 2 unspecified atom stereocenters. The number of hydrogen-bond donors (Lipinski definition) is 2. The summed E-state index contributed by atoms with van der Waals surface area (Å²) in [5.74, 6) is 0.279. The van der Waals surface area contributed by atoms with Crippen molar-refractivity contribution < 1.29 is 8.42 Å². The molecule has 1 aliphatic rings. The lowest BCUT2D eigenvalue weighted by molar-refractivity contribution is 0.327. The van der Waals surface area contributed by atoms with Gasteiger partial charge in [-0.1, -0.05) is 19.1 Å². The van der Waals surface area contributed by atoms with Crippen LogP contribution in [0.4, 0.5) is 0 Å². The summed E-state index contributed by atoms with van der Waals surface area (Å²) in [4.78, 5) is 0.0674. The first-order valence-electron chi connectivity index (χ1n) is 6.68. The summed E-state index contributed by atoms with van der Waals surface area (Å²) in [5, 5.41) is 12.4. The van der Waals surface area contributed by atoms with E-state index in [4.69, 9.17) is 5.26 Å². The Bertz CT molecular complexity index is 634. The van der Waals surface area contributed by atoms with Crippen molar-refractivity contribution in [1.82, 2.24) is 10.0 Å². The van der Waals surface area contributed by atoms with Gasteiger partial charge in [-0.15, -0.1) is 0 Å². The normalized spacial score (nSPS) is 23.2. The van der Waals surface area contributed by atoms with Crippen LogP contribution >= 0.6 is 0 Å². The third-order valence-corrected chi connectivity index (χ3v) is 5.30. The SMILES string of the molecule is Cc1cccc(S(=O)(=O)NC2CNCCC2C)c1C#N. The molecule has 108 valence electrons. The highest BCUT2D eigenvalue weighted by molar-refractivity contribution is 7.89. The lowest BCUT2D eigenvalue weighted by Crippen LogP contribution is -2.50. The zero-order valence-corrected chi connectivity index (χ0v) is 12.5. The Morgan fingerprint density at radius 3 is 2.85 bits per heavy atom. The number of sulfonamides is 1. The molecule has 5 nitrogen and oxygen atoms in total. The summed E-state index contributed by atoms with van der Waals surface area (Å²) >= 11 is 0. The molecule has 1 saturated heterocycles. The van der Waals surface area contributed by atoms with Crippen LogP contribution in [0.15, 0.2) is 23.1 Å². The fraction of sp³-hybridized carbons (Fsp3) is 0.500. The number of nitrogens with zero attached hydrogens (tertiary/aromatic N) is 1. The van der Waals surface area contributed by atoms with Gasteiger partial charge in [0.2, 0.25) is 10.0 Å². The molecule has 1 aliphatic heterocycles. The smallest absolute Gasteiger partial charge is 0.242 e. The molecule has 0 aromatic heterocycles. The van der Waals surface area contributed by atoms with Gasteiger partial charge in [0, 0.05) is 12.6 Å². The maximum atomic E-state index is 12.5. The molecule has 1 aromatic carbocycles. The van der Waals surface area contributed by atoms with Gasteiger partial charge in [-0.2, -0.15) is 5.26 Å². The van der Waals surface area contributed by atoms with Crippen LogP contribution < -0.4 is 10.0 Å². The van der Waals surface area contributed by atoms with E-state index in [-0.39, 0.29) is 22.4 Å². The number of aryl methyl sites for hydroxylation is 1. The Balaban J connectivity index is 2.32. The van der Waals surface area contributed by atoms with E-state index in [0.717, 1.165) is 13.0 Å². The van der Waals surface area contributed by atoms with Gasteiger partial charge < -0.3 is 5.32 Å². The molecule has 0 aliphatic carbocycles. The maximum absolute atomic E-state index is 12.5. The fourth-order valence-corrected chi connectivity index (χ4v) is 3.99. The quantitative estimate of drug-likeness (QED) is 0.875. The largest absolute Gasteiger partial charge is 0.315 e. The van der Waals surface area contributed by atoms with Crippen LogP contribution in [-0.4, -0.2) is 27.5 Å². The predicted octanol–water partition coefficient (Wildman–Crippen LogP) is 1.14. The third kappa shape index (κ3) is 3.01. The topological polar surface area (TPSA) is 82.0 Å². The first kappa shape index (κ1) is 15.0. The molecular weight excluding hydrogens is 274 g/mol. The van der Waals surface area contributed by atoms with Gasteiger partial charge in [0.05, 0.1) is 5.56 Å². The molecule has 0 bridgehead atoms. The van der Waals surface area contributed by atoms with Gasteiger partial charge in [0.1, 0.15) is 11.0 Å². The van der Waals surface area contributed by atoms with E-state index in [1.54, 1.807) is 19.1 Å². The van der Waals surface area contributed by atoms with E-state index in [0.29, 0.717) is 12.1 Å². The van der Waals surface area contributed by atoms with Crippen LogP contribution in [0.1, 0.15) is 24.5 Å². The molecular formula is C14H19N3O2S. The van der Waals surface area contributed by atoms with E-state index in [2.05, 4.69) is 10.0 Å². The molecule has 1 heterocycles. The minimum atomic E-state index is -3.67. The van der Waals surface area contributed by atoms with E-state index in [1.165, 1.54) is 6.07 Å². The Morgan fingerprint density at radius 1 is 1.45 bits per heavy atom. The zero-order chi connectivity index (χ0) is 14.8. The minimum absolute atomic E-state index is 0.0674. The first-order valence-corrected chi connectivity index (χ1v) is 8.17. The maximum Gasteiger partial charge on any atom is 0.242 e. The molecule has 2 atom stereocenters. The molecule has 0 amide bonds. The first-order chi connectivity index (χ1) is 9.45. The van der Waals surface area contributed by atoms with Gasteiger partial charge in [0.25, 0.3) is 0 Å². The highest BCUT2D eigenvalue weighted by Crippen LogP contribution is 2.20. The van der Waals surface area contributed by atoms with Crippen molar-refractivity contribution in [3.05, 3.63) is 29.3 Å². The lowest BCUT2D eigenvalue weighted by Gasteiger charge is -2.30. The number of benzene rings is 1. The second-order valence-electron chi connectivity index (χ2n) is 5.26. The number of nitriles is 1. The molecule has 2 rings (SSSR count). The zero-order valence-electron chi connectivity index (χ0n) is 11.7. The average Bonchev–Trinajstić information content (AvgIpc) is 2.41. The van der Waals surface area contributed by atoms with Crippen molar-refractivity contribution in [2.24, 2.45) is 5.92 Å². The van der Waals surface area contributed by atoms with Gasteiger partial charge in [-0.05, 0) is 37.4 Å². The summed E-state index contributed by atoms with van der Waals surface area (Å²) in [6.45, 7) is 5.30. The van der Waals surface area contributed by atoms with E-state index >= 15 is 0 Å². The number of rotatable bonds is 3. The van der Waals surface area contributed by atoms with Crippen LogP contribution in [0.3, 0.4) is 0 Å². The van der Waals surface area contributed by atoms with Crippen molar-refractivity contribution in [3.63, 3.8) is 0 Å². The van der Waals surface area contributed by atoms with Crippen LogP contribution in [0.2, 0.25) is 0 Å². The molecule has 1 aromatic rings. The van der Waals surface area contributed by atoms with Crippen molar-refractivity contribution in [2.45, 2.75) is 31.2 Å². The summed E-state index contributed by atoms with van der Waals surface area (Å²) in [5.41, 5.74) is 0.890. The summed E-state index contributed by atoms with van der Waals surface area (Å²) in [6.07, 6.45) is 0.937. The summed E-state index contributed by atoms with van der Waals surface area (Å²) in [7, 11) is -3.67. The Labute approximate surface area is 120 Å². The second-order valence-corrected chi connectivity index (χ2v) is 6.94. The molecule has 2 N–H and O–H groups in total. The average molecular weight is 293 g/mol. The van der Waals surface area contributed by atoms with Crippen molar-refractivity contribution in [3.8, 4) is 6.07 Å². The van der Waals surface area contributed by atoms with E-state index in [9.17, 15) is 8.42 Å². The Kier molecular flexibility index (Phi) is 4.43. The van der Waals surface area contributed by atoms with Crippen LogP contribution in [-0.2, 0) is 10.0 Å². The van der Waals surface area contributed by atoms with Gasteiger partial charge >= 0.3 is 0 Å². The fourth-order valence-electron chi connectivity index (χ4n) is 2.42. The van der Waals surface area contributed by atoms with Crippen molar-refractivity contribution in [2.75, 3.05) is 13.1 Å². The summed E-state index contributed by atoms with van der Waals surface area (Å²) < 4.78 is 27.7. The monoisotopic (exact) mass is 293 g/mol. The molecule has 1 fully saturated rings.